The summed E-state index contributed by atoms with van der Waals surface area (Å²) >= 11 is 5.73. The van der Waals surface area contributed by atoms with Gasteiger partial charge in [-0.15, -0.1) is 0 Å². The molecule has 1 rings (SSSR count). The number of nitrogens with one attached hydrogen (secondary N) is 1. The molecule has 0 aliphatic rings. The summed E-state index contributed by atoms with van der Waals surface area (Å²) in [4.78, 5) is 18.4. The highest BCUT2D eigenvalue weighted by Crippen LogP contribution is 2.16. The quantitative estimate of drug-likeness (QED) is 0.555. The molecule has 1 aromatic rings. The van der Waals surface area contributed by atoms with Crippen molar-refractivity contribution in [3.8, 4) is 0 Å². The predicted molar refractivity (Wildman–Crippen MR) is 63.4 cm³/mol. The number of carbonyl (C=O) groups is 1. The maximum absolute atomic E-state index is 10.8. The lowest BCUT2D eigenvalue weighted by Gasteiger charge is -2.11. The number of methoxy groups -OCH3 is 1. The second-order valence-electron chi connectivity index (χ2n) is 3.37. The molecule has 0 bridgehead atoms. The number of carbonyl (C=O) groups excluding carboxylic acids is 1. The molecular weight excluding hydrogens is 246 g/mol. The van der Waals surface area contributed by atoms with Gasteiger partial charge in [0.25, 0.3) is 0 Å². The van der Waals surface area contributed by atoms with Gasteiger partial charge in [0.15, 0.2) is 6.29 Å². The Kier molecular flexibility index (Phi) is 5.82. The van der Waals surface area contributed by atoms with Gasteiger partial charge in [-0.1, -0.05) is 11.6 Å². The Balaban J connectivity index is 2.52. The molecule has 1 heterocycles. The molecule has 7 heteroatoms. The fourth-order valence-corrected chi connectivity index (χ4v) is 1.43. The zero-order valence-corrected chi connectivity index (χ0v) is 10.1. The van der Waals surface area contributed by atoms with Gasteiger partial charge in [-0.3, -0.25) is 4.79 Å². The molecule has 1 aromatic heterocycles. The molecule has 0 radical (unpaired) electrons. The van der Waals surface area contributed by atoms with E-state index in [-0.39, 0.29) is 17.3 Å². The van der Waals surface area contributed by atoms with Crippen LogP contribution in [-0.4, -0.2) is 47.7 Å². The lowest BCUT2D eigenvalue weighted by Crippen LogP contribution is -2.19. The van der Waals surface area contributed by atoms with E-state index in [4.69, 9.17) is 16.3 Å². The van der Waals surface area contributed by atoms with E-state index >= 15 is 0 Å². The number of nitrogens with zero attached hydrogens (tertiary/aromatic N) is 2. The van der Waals surface area contributed by atoms with Crippen LogP contribution in [0.1, 0.15) is 16.8 Å². The molecule has 17 heavy (non-hydrogen) atoms. The van der Waals surface area contributed by atoms with Crippen LogP contribution in [-0.2, 0) is 4.74 Å². The van der Waals surface area contributed by atoms with E-state index in [1.54, 1.807) is 0 Å². The number of rotatable bonds is 7. The largest absolute Gasteiger partial charge is 0.391 e. The van der Waals surface area contributed by atoms with Crippen molar-refractivity contribution in [3.63, 3.8) is 0 Å². The first-order chi connectivity index (χ1) is 8.19. The molecular formula is C10H14ClN3O3. The maximum Gasteiger partial charge on any atom is 0.156 e. The smallest absolute Gasteiger partial charge is 0.156 e. The zero-order valence-electron chi connectivity index (χ0n) is 9.39. The molecule has 1 unspecified atom stereocenters. The topological polar surface area (TPSA) is 84.3 Å². The summed E-state index contributed by atoms with van der Waals surface area (Å²) in [6.07, 6.45) is 1.79. The van der Waals surface area contributed by atoms with Gasteiger partial charge in [-0.2, -0.15) is 0 Å². The van der Waals surface area contributed by atoms with Crippen LogP contribution in [0.4, 0.5) is 5.82 Å². The van der Waals surface area contributed by atoms with Gasteiger partial charge in [0.05, 0.1) is 18.3 Å². The first-order valence-corrected chi connectivity index (χ1v) is 5.43. The lowest BCUT2D eigenvalue weighted by atomic mass is 10.2. The third-order valence-corrected chi connectivity index (χ3v) is 2.38. The summed E-state index contributed by atoms with van der Waals surface area (Å²) in [5, 5.41) is 12.4. The molecule has 0 saturated heterocycles. The SMILES string of the molecule is COCC(O)CCNc1ncnc(Cl)c1C=O. The third-order valence-electron chi connectivity index (χ3n) is 2.08. The summed E-state index contributed by atoms with van der Waals surface area (Å²) in [6.45, 7) is 0.728. The van der Waals surface area contributed by atoms with Crippen molar-refractivity contribution in [3.05, 3.63) is 17.0 Å². The minimum Gasteiger partial charge on any atom is -0.391 e. The summed E-state index contributed by atoms with van der Waals surface area (Å²) in [6, 6.07) is 0. The number of aromatic nitrogens is 2. The van der Waals surface area contributed by atoms with Gasteiger partial charge in [-0.25, -0.2) is 9.97 Å². The molecule has 0 saturated carbocycles. The highest BCUT2D eigenvalue weighted by Gasteiger charge is 2.09. The van der Waals surface area contributed by atoms with E-state index in [9.17, 15) is 9.90 Å². The minimum atomic E-state index is -0.551. The Morgan fingerprint density at radius 3 is 3.06 bits per heavy atom. The average Bonchev–Trinajstić information content (AvgIpc) is 2.29. The summed E-state index contributed by atoms with van der Waals surface area (Å²) in [7, 11) is 1.52. The number of hydrogen-bond acceptors (Lipinski definition) is 6. The van der Waals surface area contributed by atoms with Crippen LogP contribution in [0, 0.1) is 0 Å². The van der Waals surface area contributed by atoms with Gasteiger partial charge in [0.2, 0.25) is 0 Å². The number of aliphatic hydroxyl groups excluding tert-OH is 1. The van der Waals surface area contributed by atoms with Gasteiger partial charge in [0, 0.05) is 13.7 Å². The number of ether oxygens (including phenoxy) is 1. The number of hydrogen-bond donors (Lipinski definition) is 2. The van der Waals surface area contributed by atoms with Crippen LogP contribution in [0.5, 0.6) is 0 Å². The molecule has 0 spiro atoms. The first kappa shape index (κ1) is 13.8. The van der Waals surface area contributed by atoms with Crippen LogP contribution in [0.15, 0.2) is 6.33 Å². The third kappa shape index (κ3) is 4.26. The molecule has 0 aliphatic heterocycles. The van der Waals surface area contributed by atoms with Crippen molar-refractivity contribution < 1.29 is 14.6 Å². The maximum atomic E-state index is 10.8. The molecule has 0 amide bonds. The van der Waals surface area contributed by atoms with Gasteiger partial charge in [0.1, 0.15) is 17.3 Å². The van der Waals surface area contributed by atoms with Crippen LogP contribution < -0.4 is 5.32 Å². The fourth-order valence-electron chi connectivity index (χ4n) is 1.25. The van der Waals surface area contributed by atoms with Crippen LogP contribution in [0.3, 0.4) is 0 Å². The minimum absolute atomic E-state index is 0.106. The number of anilines is 1. The highest BCUT2D eigenvalue weighted by molar-refractivity contribution is 6.32. The first-order valence-electron chi connectivity index (χ1n) is 5.05. The second kappa shape index (κ2) is 7.16. The summed E-state index contributed by atoms with van der Waals surface area (Å²) in [5.41, 5.74) is 0.218. The van der Waals surface area contributed by atoms with Crippen LogP contribution >= 0.6 is 11.6 Å². The van der Waals surface area contributed by atoms with E-state index in [2.05, 4.69) is 15.3 Å². The van der Waals surface area contributed by atoms with Crippen molar-refractivity contribution in [2.45, 2.75) is 12.5 Å². The van der Waals surface area contributed by atoms with E-state index in [0.29, 0.717) is 25.1 Å². The van der Waals surface area contributed by atoms with Gasteiger partial charge >= 0.3 is 0 Å². The van der Waals surface area contributed by atoms with Gasteiger partial charge < -0.3 is 15.2 Å². The molecule has 2 N–H and O–H groups in total. The Morgan fingerprint density at radius 2 is 2.41 bits per heavy atom. The normalized spacial score (nSPS) is 12.2. The zero-order chi connectivity index (χ0) is 12.7. The van der Waals surface area contributed by atoms with E-state index in [1.807, 2.05) is 0 Å². The molecule has 1 atom stereocenters. The van der Waals surface area contributed by atoms with E-state index < -0.39 is 6.10 Å². The Morgan fingerprint density at radius 1 is 1.65 bits per heavy atom. The van der Waals surface area contributed by atoms with E-state index in [0.717, 1.165) is 0 Å². The Hall–Kier alpha value is -1.24. The summed E-state index contributed by atoms with van der Waals surface area (Å²) < 4.78 is 4.79. The molecule has 0 fully saturated rings. The molecule has 0 aliphatic carbocycles. The number of aldehydes is 1. The number of aliphatic hydroxyl groups is 1. The van der Waals surface area contributed by atoms with E-state index in [1.165, 1.54) is 13.4 Å². The highest BCUT2D eigenvalue weighted by atomic mass is 35.5. The average molecular weight is 260 g/mol. The van der Waals surface area contributed by atoms with Crippen molar-refractivity contribution in [1.82, 2.24) is 9.97 Å². The lowest BCUT2D eigenvalue weighted by molar-refractivity contribution is 0.0615. The molecule has 94 valence electrons. The van der Waals surface area contributed by atoms with Gasteiger partial charge in [-0.05, 0) is 6.42 Å². The molecule has 0 aromatic carbocycles. The van der Waals surface area contributed by atoms with Crippen molar-refractivity contribution in [2.24, 2.45) is 0 Å². The fraction of sp³-hybridized carbons (Fsp3) is 0.500. The standard InChI is InChI=1S/C10H14ClN3O3/c1-17-5-7(16)2-3-12-10-8(4-15)9(11)13-6-14-10/h4,6-7,16H,2-3,5H2,1H3,(H,12,13,14). The van der Waals surface area contributed by atoms with Crippen molar-refractivity contribution >= 4 is 23.7 Å². The summed E-state index contributed by atoms with van der Waals surface area (Å²) in [5.74, 6) is 0.365. The number of halogens is 1. The van der Waals surface area contributed by atoms with Crippen molar-refractivity contribution in [1.29, 1.82) is 0 Å². The molecule has 6 nitrogen and oxygen atoms in total. The monoisotopic (exact) mass is 259 g/mol. The van der Waals surface area contributed by atoms with Crippen LogP contribution in [0.25, 0.3) is 0 Å². The van der Waals surface area contributed by atoms with Crippen molar-refractivity contribution in [2.75, 3.05) is 25.6 Å². The van der Waals surface area contributed by atoms with Crippen LogP contribution in [0.2, 0.25) is 5.15 Å². The Bertz CT molecular complexity index is 376. The Labute approximate surface area is 104 Å². The predicted octanol–water partition coefficient (Wildman–Crippen LogP) is 0.752. The second-order valence-corrected chi connectivity index (χ2v) is 3.73.